The predicted octanol–water partition coefficient (Wildman–Crippen LogP) is 2.11. The van der Waals surface area contributed by atoms with Crippen molar-refractivity contribution >= 4 is 12.1 Å². The number of amides is 1. The van der Waals surface area contributed by atoms with Crippen molar-refractivity contribution in [2.24, 2.45) is 0 Å². The van der Waals surface area contributed by atoms with Crippen LogP contribution in [0.4, 0.5) is 13.6 Å². The fourth-order valence-electron chi connectivity index (χ4n) is 1.69. The van der Waals surface area contributed by atoms with Crippen LogP contribution in [0.2, 0.25) is 0 Å². The van der Waals surface area contributed by atoms with E-state index in [9.17, 15) is 18.4 Å². The number of halogens is 2. The number of carboxylic acids is 1. The Balaban J connectivity index is 2.81. The van der Waals surface area contributed by atoms with E-state index in [0.717, 1.165) is 4.90 Å². The number of alkyl halides is 2. The van der Waals surface area contributed by atoms with E-state index in [-0.39, 0.29) is 6.54 Å². The summed E-state index contributed by atoms with van der Waals surface area (Å²) in [6.07, 6.45) is -2.29. The molecule has 1 N–H and O–H groups in total. The highest BCUT2D eigenvalue weighted by molar-refractivity contribution is 5.80. The zero-order valence-electron chi connectivity index (χ0n) is 10.6. The van der Waals surface area contributed by atoms with Crippen LogP contribution in [-0.2, 0) is 9.53 Å². The summed E-state index contributed by atoms with van der Waals surface area (Å²) >= 11 is 0. The lowest BCUT2D eigenvalue weighted by Crippen LogP contribution is -2.54. The van der Waals surface area contributed by atoms with Gasteiger partial charge in [0.1, 0.15) is 11.6 Å². The van der Waals surface area contributed by atoms with Crippen LogP contribution in [0.5, 0.6) is 0 Å². The highest BCUT2D eigenvalue weighted by Gasteiger charge is 2.46. The zero-order valence-corrected chi connectivity index (χ0v) is 10.6. The maximum atomic E-state index is 13.1. The molecule has 1 saturated heterocycles. The number of carbonyl (C=O) groups is 2. The summed E-state index contributed by atoms with van der Waals surface area (Å²) < 4.78 is 31.3. The molecule has 0 bridgehead atoms. The minimum atomic E-state index is -3.05. The number of hydrogen-bond donors (Lipinski definition) is 1. The summed E-state index contributed by atoms with van der Waals surface area (Å²) in [4.78, 5) is 23.5. The van der Waals surface area contributed by atoms with Gasteiger partial charge in [-0.2, -0.15) is 0 Å². The van der Waals surface area contributed by atoms with Crippen molar-refractivity contribution in [3.05, 3.63) is 0 Å². The number of piperidine rings is 1. The fraction of sp³-hybridized carbons (Fsp3) is 0.818. The van der Waals surface area contributed by atoms with Crippen LogP contribution in [0.15, 0.2) is 0 Å². The Labute approximate surface area is 104 Å². The van der Waals surface area contributed by atoms with Crippen molar-refractivity contribution in [2.75, 3.05) is 6.54 Å². The summed E-state index contributed by atoms with van der Waals surface area (Å²) in [7, 11) is 0. The van der Waals surface area contributed by atoms with Gasteiger partial charge in [-0.3, -0.25) is 4.90 Å². The molecular formula is C11H17F2NO4. The van der Waals surface area contributed by atoms with Crippen LogP contribution in [-0.4, -0.2) is 46.2 Å². The second-order valence-corrected chi connectivity index (χ2v) is 5.34. The third-order valence-corrected chi connectivity index (χ3v) is 2.50. The zero-order chi connectivity index (χ0) is 14.1. The van der Waals surface area contributed by atoms with Gasteiger partial charge in [0, 0.05) is 19.4 Å². The van der Waals surface area contributed by atoms with E-state index >= 15 is 0 Å². The first-order valence-electron chi connectivity index (χ1n) is 5.62. The number of aliphatic carboxylic acids is 1. The molecule has 0 spiro atoms. The lowest BCUT2D eigenvalue weighted by Gasteiger charge is -2.37. The molecule has 1 heterocycles. The van der Waals surface area contributed by atoms with Gasteiger partial charge in [-0.25, -0.2) is 18.4 Å². The van der Waals surface area contributed by atoms with E-state index in [0.29, 0.717) is 0 Å². The van der Waals surface area contributed by atoms with E-state index in [2.05, 4.69) is 0 Å². The van der Waals surface area contributed by atoms with Crippen LogP contribution in [0.1, 0.15) is 33.6 Å². The van der Waals surface area contributed by atoms with E-state index in [1.807, 2.05) is 0 Å². The van der Waals surface area contributed by atoms with Crippen LogP contribution >= 0.6 is 0 Å². The first kappa shape index (κ1) is 14.7. The van der Waals surface area contributed by atoms with Crippen molar-refractivity contribution in [1.29, 1.82) is 0 Å². The Kier molecular flexibility index (Phi) is 3.83. The summed E-state index contributed by atoms with van der Waals surface area (Å²) in [5.74, 6) is -4.50. The van der Waals surface area contributed by atoms with Crippen LogP contribution < -0.4 is 0 Å². The summed E-state index contributed by atoms with van der Waals surface area (Å²) in [5.41, 5.74) is -0.792. The first-order chi connectivity index (χ1) is 8.02. The number of likely N-dealkylation sites (tertiary alicyclic amines) is 1. The Bertz CT molecular complexity index is 351. The van der Waals surface area contributed by atoms with Gasteiger partial charge < -0.3 is 9.84 Å². The molecule has 0 aromatic heterocycles. The van der Waals surface area contributed by atoms with Crippen molar-refractivity contribution in [2.45, 2.75) is 51.2 Å². The standard InChI is InChI=1S/C11H17F2NO4/c1-10(2,3)18-9(17)14-5-4-11(12,13)6-7(14)8(15)16/h7H,4-6H2,1-3H3,(H,15,16)/t7-/m1/s1. The second kappa shape index (κ2) is 4.70. The SMILES string of the molecule is CC(C)(C)OC(=O)N1CCC(F)(F)C[C@@H]1C(=O)O. The Morgan fingerprint density at radius 1 is 1.39 bits per heavy atom. The molecule has 1 atom stereocenters. The van der Waals surface area contributed by atoms with E-state index < -0.39 is 42.5 Å². The number of carboxylic acid groups (broad SMARTS) is 1. The molecule has 7 heteroatoms. The van der Waals surface area contributed by atoms with Crippen molar-refractivity contribution < 1.29 is 28.2 Å². The van der Waals surface area contributed by atoms with Gasteiger partial charge >= 0.3 is 12.1 Å². The molecule has 5 nitrogen and oxygen atoms in total. The molecule has 0 aromatic rings. The predicted molar refractivity (Wildman–Crippen MR) is 58.5 cm³/mol. The average molecular weight is 265 g/mol. The maximum absolute atomic E-state index is 13.1. The van der Waals surface area contributed by atoms with Crippen molar-refractivity contribution in [3.8, 4) is 0 Å². The smallest absolute Gasteiger partial charge is 0.411 e. The van der Waals surface area contributed by atoms with E-state index in [4.69, 9.17) is 9.84 Å². The van der Waals surface area contributed by atoms with E-state index in [1.54, 1.807) is 20.8 Å². The molecule has 104 valence electrons. The number of nitrogens with zero attached hydrogens (tertiary/aromatic N) is 1. The van der Waals surface area contributed by atoms with Crippen molar-refractivity contribution in [3.63, 3.8) is 0 Å². The lowest BCUT2D eigenvalue weighted by atomic mass is 9.99. The van der Waals surface area contributed by atoms with E-state index in [1.165, 1.54) is 0 Å². The molecule has 1 aliphatic rings. The van der Waals surface area contributed by atoms with Crippen LogP contribution in [0.3, 0.4) is 0 Å². The normalized spacial score (nSPS) is 23.6. The summed E-state index contributed by atoms with van der Waals surface area (Å²) in [5, 5.41) is 8.91. The summed E-state index contributed by atoms with van der Waals surface area (Å²) in [6.45, 7) is 4.55. The van der Waals surface area contributed by atoms with Gasteiger partial charge in [-0.15, -0.1) is 0 Å². The van der Waals surface area contributed by atoms with Gasteiger partial charge in [0.15, 0.2) is 0 Å². The first-order valence-corrected chi connectivity index (χ1v) is 5.62. The van der Waals surface area contributed by atoms with Gasteiger partial charge in [0.2, 0.25) is 0 Å². The Morgan fingerprint density at radius 2 is 1.94 bits per heavy atom. The molecular weight excluding hydrogens is 248 g/mol. The summed E-state index contributed by atoms with van der Waals surface area (Å²) in [6, 6.07) is -1.54. The minimum absolute atomic E-state index is 0.321. The topological polar surface area (TPSA) is 66.8 Å². The maximum Gasteiger partial charge on any atom is 0.411 e. The highest BCUT2D eigenvalue weighted by Crippen LogP contribution is 2.32. The molecule has 0 aromatic carbocycles. The van der Waals surface area contributed by atoms with Crippen LogP contribution in [0, 0.1) is 0 Å². The fourth-order valence-corrected chi connectivity index (χ4v) is 1.69. The Hall–Kier alpha value is -1.40. The average Bonchev–Trinajstić information content (AvgIpc) is 2.12. The molecule has 18 heavy (non-hydrogen) atoms. The second-order valence-electron chi connectivity index (χ2n) is 5.34. The lowest BCUT2D eigenvalue weighted by molar-refractivity contribution is -0.152. The number of ether oxygens (including phenoxy) is 1. The number of hydrogen-bond acceptors (Lipinski definition) is 3. The van der Waals surface area contributed by atoms with Gasteiger partial charge in [0.25, 0.3) is 5.92 Å². The molecule has 0 saturated carbocycles. The quantitative estimate of drug-likeness (QED) is 0.788. The molecule has 0 aliphatic carbocycles. The Morgan fingerprint density at radius 3 is 2.39 bits per heavy atom. The molecule has 1 aliphatic heterocycles. The van der Waals surface area contributed by atoms with Gasteiger partial charge in [-0.05, 0) is 20.8 Å². The minimum Gasteiger partial charge on any atom is -0.480 e. The van der Waals surface area contributed by atoms with Gasteiger partial charge in [0.05, 0.1) is 0 Å². The largest absolute Gasteiger partial charge is 0.480 e. The molecule has 0 radical (unpaired) electrons. The number of carbonyl (C=O) groups excluding carboxylic acids is 1. The van der Waals surface area contributed by atoms with Crippen molar-refractivity contribution in [1.82, 2.24) is 4.90 Å². The monoisotopic (exact) mass is 265 g/mol. The van der Waals surface area contributed by atoms with Crippen LogP contribution in [0.25, 0.3) is 0 Å². The number of rotatable bonds is 1. The highest BCUT2D eigenvalue weighted by atomic mass is 19.3. The molecule has 1 fully saturated rings. The van der Waals surface area contributed by atoms with Gasteiger partial charge in [-0.1, -0.05) is 0 Å². The molecule has 1 amide bonds. The molecule has 0 unspecified atom stereocenters. The third-order valence-electron chi connectivity index (χ3n) is 2.50. The third kappa shape index (κ3) is 3.82. The molecule has 1 rings (SSSR count).